The molecule has 1 heterocycles. The van der Waals surface area contributed by atoms with Crippen LogP contribution in [0.15, 0.2) is 24.3 Å². The average Bonchev–Trinajstić information content (AvgIpc) is 2.42. The molecule has 1 aliphatic heterocycles. The summed E-state index contributed by atoms with van der Waals surface area (Å²) >= 11 is 0. The molecule has 3 nitrogen and oxygen atoms in total. The average molecular weight is 235 g/mol. The molecule has 94 valence electrons. The van der Waals surface area contributed by atoms with Gasteiger partial charge in [0, 0.05) is 25.1 Å². The number of hydrogen-bond acceptors (Lipinski definition) is 3. The first-order valence-electron chi connectivity index (χ1n) is 6.29. The van der Waals surface area contributed by atoms with Gasteiger partial charge in [-0.1, -0.05) is 19.1 Å². The zero-order chi connectivity index (χ0) is 12.1. The van der Waals surface area contributed by atoms with Gasteiger partial charge in [0.25, 0.3) is 0 Å². The van der Waals surface area contributed by atoms with E-state index in [0.29, 0.717) is 5.75 Å². The van der Waals surface area contributed by atoms with Crippen LogP contribution in [0.1, 0.15) is 25.3 Å². The number of ether oxygens (including phenoxy) is 1. The van der Waals surface area contributed by atoms with E-state index in [4.69, 9.17) is 4.74 Å². The lowest BCUT2D eigenvalue weighted by Crippen LogP contribution is -2.36. The highest BCUT2D eigenvalue weighted by atomic mass is 16.5. The van der Waals surface area contributed by atoms with Crippen molar-refractivity contribution in [2.45, 2.75) is 25.2 Å². The Morgan fingerprint density at radius 3 is 3.06 bits per heavy atom. The smallest absolute Gasteiger partial charge is 0.115 e. The third kappa shape index (κ3) is 3.20. The monoisotopic (exact) mass is 235 g/mol. The third-order valence-corrected chi connectivity index (χ3v) is 3.50. The van der Waals surface area contributed by atoms with E-state index < -0.39 is 0 Å². The topological polar surface area (TPSA) is 41.5 Å². The van der Waals surface area contributed by atoms with Crippen molar-refractivity contribution in [2.24, 2.45) is 0 Å². The molecule has 0 saturated carbocycles. The Morgan fingerprint density at radius 2 is 2.24 bits per heavy atom. The summed E-state index contributed by atoms with van der Waals surface area (Å²) in [6, 6.07) is 7.61. The van der Waals surface area contributed by atoms with E-state index in [-0.39, 0.29) is 5.41 Å². The molecule has 0 aliphatic carbocycles. The number of phenols is 1. The Bertz CT molecular complexity index is 355. The van der Waals surface area contributed by atoms with Crippen molar-refractivity contribution in [3.8, 4) is 5.75 Å². The zero-order valence-electron chi connectivity index (χ0n) is 10.4. The summed E-state index contributed by atoms with van der Waals surface area (Å²) in [5, 5.41) is 13.0. The highest BCUT2D eigenvalue weighted by molar-refractivity contribution is 5.33. The van der Waals surface area contributed by atoms with Crippen LogP contribution in [-0.4, -0.2) is 31.4 Å². The van der Waals surface area contributed by atoms with Crippen molar-refractivity contribution < 1.29 is 9.84 Å². The Hall–Kier alpha value is -1.06. The lowest BCUT2D eigenvalue weighted by Gasteiger charge is -2.30. The van der Waals surface area contributed by atoms with Crippen LogP contribution < -0.4 is 5.32 Å². The van der Waals surface area contributed by atoms with Gasteiger partial charge in [-0.15, -0.1) is 0 Å². The molecule has 1 aliphatic rings. The maximum absolute atomic E-state index is 9.59. The largest absolute Gasteiger partial charge is 0.508 e. The number of phenolic OH excluding ortho intramolecular Hbond substituents is 1. The number of nitrogens with one attached hydrogen (secondary N) is 1. The Labute approximate surface area is 103 Å². The van der Waals surface area contributed by atoms with Gasteiger partial charge in [-0.25, -0.2) is 0 Å². The summed E-state index contributed by atoms with van der Waals surface area (Å²) in [4.78, 5) is 0. The van der Waals surface area contributed by atoms with Crippen LogP contribution in [-0.2, 0) is 10.2 Å². The van der Waals surface area contributed by atoms with Crippen molar-refractivity contribution in [1.82, 2.24) is 5.32 Å². The van der Waals surface area contributed by atoms with Crippen LogP contribution in [0.25, 0.3) is 0 Å². The molecule has 0 radical (unpaired) electrons. The van der Waals surface area contributed by atoms with Crippen molar-refractivity contribution in [1.29, 1.82) is 0 Å². The molecular formula is C14H21NO2. The molecule has 1 aromatic rings. The van der Waals surface area contributed by atoms with Crippen molar-refractivity contribution in [2.75, 3.05) is 26.3 Å². The summed E-state index contributed by atoms with van der Waals surface area (Å²) < 4.78 is 5.50. The minimum absolute atomic E-state index is 0.0758. The number of hydrogen-bond donors (Lipinski definition) is 2. The first-order valence-corrected chi connectivity index (χ1v) is 6.29. The normalized spacial score (nSPS) is 26.9. The fourth-order valence-electron chi connectivity index (χ4n) is 2.39. The Balaban J connectivity index is 2.18. The fourth-order valence-corrected chi connectivity index (χ4v) is 2.39. The standard InChI is InChI=1S/C14H21NO2/c1-14(12-4-2-5-13(16)10-12)6-3-8-17-9-7-15-11-14/h2,4-5,10,15-16H,3,6-9,11H2,1H3. The second-order valence-corrected chi connectivity index (χ2v) is 5.00. The second-order valence-electron chi connectivity index (χ2n) is 5.00. The van der Waals surface area contributed by atoms with E-state index in [9.17, 15) is 5.11 Å². The quantitative estimate of drug-likeness (QED) is 0.783. The molecule has 1 aromatic carbocycles. The lowest BCUT2D eigenvalue weighted by molar-refractivity contribution is 0.135. The summed E-state index contributed by atoms with van der Waals surface area (Å²) in [6.07, 6.45) is 2.14. The summed E-state index contributed by atoms with van der Waals surface area (Å²) in [6.45, 7) is 5.69. The van der Waals surface area contributed by atoms with Crippen LogP contribution in [0.3, 0.4) is 0 Å². The first kappa shape index (κ1) is 12.4. The van der Waals surface area contributed by atoms with Gasteiger partial charge in [-0.3, -0.25) is 0 Å². The van der Waals surface area contributed by atoms with E-state index in [2.05, 4.69) is 18.3 Å². The molecule has 1 atom stereocenters. The molecular weight excluding hydrogens is 214 g/mol. The zero-order valence-corrected chi connectivity index (χ0v) is 10.4. The molecule has 3 heteroatoms. The first-order chi connectivity index (χ1) is 8.21. The van der Waals surface area contributed by atoms with Crippen LogP contribution in [0, 0.1) is 0 Å². The third-order valence-electron chi connectivity index (χ3n) is 3.50. The van der Waals surface area contributed by atoms with E-state index in [0.717, 1.165) is 39.1 Å². The van der Waals surface area contributed by atoms with E-state index in [1.165, 1.54) is 5.56 Å². The van der Waals surface area contributed by atoms with E-state index in [1.54, 1.807) is 6.07 Å². The highest BCUT2D eigenvalue weighted by Gasteiger charge is 2.26. The predicted molar refractivity (Wildman–Crippen MR) is 68.4 cm³/mol. The molecule has 1 fully saturated rings. The highest BCUT2D eigenvalue weighted by Crippen LogP contribution is 2.30. The van der Waals surface area contributed by atoms with Gasteiger partial charge in [0.15, 0.2) is 0 Å². The number of aromatic hydroxyl groups is 1. The van der Waals surface area contributed by atoms with Crippen LogP contribution >= 0.6 is 0 Å². The van der Waals surface area contributed by atoms with Gasteiger partial charge >= 0.3 is 0 Å². The Kier molecular flexibility index (Phi) is 4.02. The van der Waals surface area contributed by atoms with Gasteiger partial charge < -0.3 is 15.2 Å². The van der Waals surface area contributed by atoms with Gasteiger partial charge in [-0.2, -0.15) is 0 Å². The SMILES string of the molecule is CC1(c2cccc(O)c2)CCCOCCNC1. The minimum Gasteiger partial charge on any atom is -0.508 e. The number of rotatable bonds is 1. The summed E-state index contributed by atoms with van der Waals surface area (Å²) in [5.41, 5.74) is 1.28. The molecule has 0 amide bonds. The maximum Gasteiger partial charge on any atom is 0.115 e. The van der Waals surface area contributed by atoms with Crippen molar-refractivity contribution in [3.63, 3.8) is 0 Å². The molecule has 0 aromatic heterocycles. The van der Waals surface area contributed by atoms with Crippen LogP contribution in [0.4, 0.5) is 0 Å². The van der Waals surface area contributed by atoms with Gasteiger partial charge in [0.1, 0.15) is 5.75 Å². The molecule has 1 unspecified atom stereocenters. The number of benzene rings is 1. The van der Waals surface area contributed by atoms with Crippen molar-refractivity contribution >= 4 is 0 Å². The maximum atomic E-state index is 9.59. The van der Waals surface area contributed by atoms with Gasteiger partial charge in [0.05, 0.1) is 6.61 Å². The minimum atomic E-state index is 0.0758. The molecule has 0 spiro atoms. The van der Waals surface area contributed by atoms with Gasteiger partial charge in [-0.05, 0) is 30.5 Å². The van der Waals surface area contributed by atoms with Crippen LogP contribution in [0.2, 0.25) is 0 Å². The molecule has 17 heavy (non-hydrogen) atoms. The van der Waals surface area contributed by atoms with Crippen LogP contribution in [0.5, 0.6) is 5.75 Å². The second kappa shape index (κ2) is 5.52. The fraction of sp³-hybridized carbons (Fsp3) is 0.571. The summed E-state index contributed by atoms with van der Waals surface area (Å²) in [5.74, 6) is 0.347. The Morgan fingerprint density at radius 1 is 1.35 bits per heavy atom. The molecule has 0 bridgehead atoms. The lowest BCUT2D eigenvalue weighted by atomic mass is 9.78. The van der Waals surface area contributed by atoms with E-state index in [1.807, 2.05) is 12.1 Å². The molecule has 2 N–H and O–H groups in total. The van der Waals surface area contributed by atoms with Crippen molar-refractivity contribution in [3.05, 3.63) is 29.8 Å². The molecule has 2 rings (SSSR count). The predicted octanol–water partition coefficient (Wildman–Crippen LogP) is 2.05. The molecule has 1 saturated heterocycles. The van der Waals surface area contributed by atoms with E-state index >= 15 is 0 Å². The summed E-state index contributed by atoms with van der Waals surface area (Å²) in [7, 11) is 0. The van der Waals surface area contributed by atoms with Gasteiger partial charge in [0.2, 0.25) is 0 Å².